The maximum Gasteiger partial charge on any atom is 0.261 e. The Morgan fingerprint density at radius 2 is 1.33 bits per heavy atom. The molecule has 7 rings (SSSR count). The number of benzene rings is 2. The number of aromatic nitrogens is 6. The Morgan fingerprint density at radius 3 is 1.96 bits per heavy atom. The summed E-state index contributed by atoms with van der Waals surface area (Å²) < 4.78 is 2.05. The number of aryl methyl sites for hydroxylation is 4. The van der Waals surface area contributed by atoms with E-state index in [9.17, 15) is 4.79 Å². The van der Waals surface area contributed by atoms with Crippen molar-refractivity contribution in [1.82, 2.24) is 29.7 Å². The van der Waals surface area contributed by atoms with Crippen molar-refractivity contribution < 1.29 is 4.79 Å². The molecule has 2 aromatic carbocycles. The lowest BCUT2D eigenvalue weighted by atomic mass is 9.95. The second-order valence-electron chi connectivity index (χ2n) is 13.6. The number of hydrazine groups is 1. The van der Waals surface area contributed by atoms with Gasteiger partial charge in [0.25, 0.3) is 5.91 Å². The Kier molecular flexibility index (Phi) is 11.7. The summed E-state index contributed by atoms with van der Waals surface area (Å²) in [5.74, 6) is 7.22. The highest BCUT2D eigenvalue weighted by Crippen LogP contribution is 2.35. The molecule has 0 radical (unpaired) electrons. The molecule has 0 bridgehead atoms. The van der Waals surface area contributed by atoms with Crippen molar-refractivity contribution in [3.63, 3.8) is 0 Å². The number of hydrogen-bond acceptors (Lipinski definition) is 9. The molecule has 0 saturated heterocycles. The number of nitrogens with two attached hydrogens (primary N) is 1. The van der Waals surface area contributed by atoms with E-state index in [4.69, 9.17) is 34.1 Å². The van der Waals surface area contributed by atoms with Crippen LogP contribution in [-0.2, 0) is 0 Å². The number of nitrogens with zero attached hydrogens (tertiary/aromatic N) is 7. The molecule has 0 atom stereocenters. The topological polar surface area (TPSA) is 140 Å². The van der Waals surface area contributed by atoms with Gasteiger partial charge >= 0.3 is 0 Å². The van der Waals surface area contributed by atoms with Gasteiger partial charge in [-0.3, -0.25) is 9.80 Å². The zero-order chi connectivity index (χ0) is 36.1. The Hall–Kier alpha value is -4.32. The van der Waals surface area contributed by atoms with E-state index in [0.29, 0.717) is 17.4 Å². The first-order chi connectivity index (χ1) is 24.6. The molecule has 4 N–H and O–H groups in total. The van der Waals surface area contributed by atoms with Crippen LogP contribution in [0.1, 0.15) is 103 Å². The van der Waals surface area contributed by atoms with E-state index in [1.807, 2.05) is 32.0 Å². The maximum absolute atomic E-state index is 12.9. The number of carbonyl (C=O) groups is 1. The van der Waals surface area contributed by atoms with Crippen LogP contribution in [0.5, 0.6) is 0 Å². The molecule has 2 aliphatic rings. The molecule has 0 spiro atoms. The minimum atomic E-state index is -0.291. The molecule has 3 heterocycles. The Bertz CT molecular complexity index is 1960. The van der Waals surface area contributed by atoms with Crippen LogP contribution in [0.4, 0.5) is 23.0 Å². The summed E-state index contributed by atoms with van der Waals surface area (Å²) in [6.45, 7) is 8.12. The Morgan fingerprint density at radius 1 is 0.784 bits per heavy atom. The van der Waals surface area contributed by atoms with Crippen molar-refractivity contribution in [3.8, 4) is 0 Å². The minimum Gasteiger partial charge on any atom is -0.338 e. The molecule has 3 aromatic heterocycles. The number of para-hydroxylation sites is 2. The van der Waals surface area contributed by atoms with E-state index in [2.05, 4.69) is 67.3 Å². The average Bonchev–Trinajstić information content (AvgIpc) is 3.49. The predicted octanol–water partition coefficient (Wildman–Crippen LogP) is 9.36. The van der Waals surface area contributed by atoms with Crippen molar-refractivity contribution in [3.05, 3.63) is 87.2 Å². The first kappa shape index (κ1) is 36.5. The summed E-state index contributed by atoms with van der Waals surface area (Å²) in [5, 5.41) is 14.2. The lowest BCUT2D eigenvalue weighted by molar-refractivity contribution is 0.102. The van der Waals surface area contributed by atoms with Gasteiger partial charge in [0.15, 0.2) is 17.3 Å². The van der Waals surface area contributed by atoms with Crippen LogP contribution in [-0.4, -0.2) is 41.7 Å². The highest BCUT2D eigenvalue weighted by atomic mass is 35.5. The van der Waals surface area contributed by atoms with Crippen LogP contribution in [0.2, 0.25) is 10.6 Å². The molecule has 2 saturated carbocycles. The summed E-state index contributed by atoms with van der Waals surface area (Å²) in [5.41, 5.74) is 7.39. The van der Waals surface area contributed by atoms with Gasteiger partial charge in [0.05, 0.1) is 11.4 Å². The van der Waals surface area contributed by atoms with Gasteiger partial charge in [-0.2, -0.15) is 15.1 Å². The molecule has 268 valence electrons. The molecule has 2 fully saturated rings. The molecule has 5 aromatic rings. The van der Waals surface area contributed by atoms with E-state index in [0.717, 1.165) is 77.9 Å². The van der Waals surface area contributed by atoms with Gasteiger partial charge < -0.3 is 10.6 Å². The lowest BCUT2D eigenvalue weighted by Gasteiger charge is -2.32. The Labute approximate surface area is 309 Å². The van der Waals surface area contributed by atoms with Crippen LogP contribution < -0.4 is 21.5 Å². The van der Waals surface area contributed by atoms with E-state index in [1.165, 1.54) is 43.0 Å². The molecule has 1 amide bonds. The molecule has 13 heteroatoms. The van der Waals surface area contributed by atoms with E-state index in [-0.39, 0.29) is 22.5 Å². The zero-order valence-corrected chi connectivity index (χ0v) is 31.2. The fourth-order valence-electron chi connectivity index (χ4n) is 7.14. The van der Waals surface area contributed by atoms with E-state index in [1.54, 1.807) is 11.2 Å². The van der Waals surface area contributed by atoms with Gasteiger partial charge in [0, 0.05) is 29.8 Å². The van der Waals surface area contributed by atoms with Crippen LogP contribution in [0.25, 0.3) is 11.0 Å². The van der Waals surface area contributed by atoms with Crippen LogP contribution in [0.15, 0.2) is 48.8 Å². The van der Waals surface area contributed by atoms with E-state index < -0.39 is 0 Å². The second kappa shape index (κ2) is 16.4. The zero-order valence-electron chi connectivity index (χ0n) is 29.7. The molecule has 0 unspecified atom stereocenters. The summed E-state index contributed by atoms with van der Waals surface area (Å²) in [6.07, 6.45) is 14.7. The third-order valence-electron chi connectivity index (χ3n) is 9.98. The summed E-state index contributed by atoms with van der Waals surface area (Å²) in [6, 6.07) is 12.7. The minimum absolute atomic E-state index is 0.0786. The van der Waals surface area contributed by atoms with Gasteiger partial charge in [-0.15, -0.1) is 0 Å². The number of carbonyl (C=O) groups excluding carboxylic acids is 1. The number of halogens is 2. The van der Waals surface area contributed by atoms with Crippen molar-refractivity contribution in [2.24, 2.45) is 5.84 Å². The molecule has 0 aliphatic heterocycles. The quantitative estimate of drug-likeness (QED) is 0.0849. The van der Waals surface area contributed by atoms with Crippen LogP contribution >= 0.6 is 23.2 Å². The molecule has 2 aliphatic carbocycles. The fourth-order valence-corrected chi connectivity index (χ4v) is 7.40. The second-order valence-corrected chi connectivity index (χ2v) is 14.3. The summed E-state index contributed by atoms with van der Waals surface area (Å²) in [4.78, 5) is 29.8. The summed E-state index contributed by atoms with van der Waals surface area (Å²) >= 11 is 12.0. The van der Waals surface area contributed by atoms with Crippen molar-refractivity contribution in [2.75, 3.05) is 15.6 Å². The highest BCUT2D eigenvalue weighted by Gasteiger charge is 2.26. The van der Waals surface area contributed by atoms with Crippen LogP contribution in [0, 0.1) is 27.7 Å². The molecular weight excluding hydrogens is 683 g/mol. The number of nitrogens with one attached hydrogen (secondary N) is 2. The number of anilines is 4. The summed E-state index contributed by atoms with van der Waals surface area (Å²) in [7, 11) is 0. The van der Waals surface area contributed by atoms with Crippen LogP contribution in [0.3, 0.4) is 0 Å². The third kappa shape index (κ3) is 8.43. The number of amides is 1. The number of fused-ring (bicyclic) bond motifs is 1. The molecular formula is C38H46Cl2N10O. The standard InChI is InChI=1S/C19H24ClN5O.C19H22ClN5/c1-12-7-6-8-13(2)16(12)23-18(26)15-11-22-19(20)24-17(15)25(21)14-9-4-3-5-10-14;1-12-7-6-8-13(2)16(12)22-17-15-11-21-19(20)23-18(15)25(24-17)14-9-4-3-5-10-14/h6-8,11,14H,3-5,9-10,21H2,1-2H3,(H,23,26);6-8,11,14H,3-5,9-10H2,1-2H3,(H,22,24). The van der Waals surface area contributed by atoms with Gasteiger partial charge in [-0.25, -0.2) is 20.5 Å². The van der Waals surface area contributed by atoms with Crippen molar-refractivity contribution in [1.29, 1.82) is 0 Å². The average molecular weight is 730 g/mol. The maximum atomic E-state index is 12.9. The monoisotopic (exact) mass is 728 g/mol. The predicted molar refractivity (Wildman–Crippen MR) is 206 cm³/mol. The molecule has 51 heavy (non-hydrogen) atoms. The normalized spacial score (nSPS) is 15.3. The smallest absolute Gasteiger partial charge is 0.261 e. The van der Waals surface area contributed by atoms with E-state index >= 15 is 0 Å². The largest absolute Gasteiger partial charge is 0.338 e. The number of hydrogen-bond donors (Lipinski definition) is 3. The van der Waals surface area contributed by atoms with Crippen molar-refractivity contribution >= 4 is 63.2 Å². The first-order valence-electron chi connectivity index (χ1n) is 17.8. The third-order valence-corrected chi connectivity index (χ3v) is 10.3. The highest BCUT2D eigenvalue weighted by molar-refractivity contribution is 6.28. The van der Waals surface area contributed by atoms with Gasteiger partial charge in [0.2, 0.25) is 10.6 Å². The SMILES string of the molecule is Cc1cccc(C)c1NC(=O)c1cnc(Cl)nc1N(N)C1CCCCC1.Cc1cccc(C)c1Nc1nn(C2CCCCC2)c2nc(Cl)ncc12. The van der Waals surface area contributed by atoms with Gasteiger partial charge in [-0.05, 0) is 98.8 Å². The molecule has 11 nitrogen and oxygen atoms in total. The number of rotatable bonds is 7. The van der Waals surface area contributed by atoms with Gasteiger partial charge in [-0.1, -0.05) is 74.9 Å². The van der Waals surface area contributed by atoms with Crippen molar-refractivity contribution in [2.45, 2.75) is 104 Å². The fraction of sp³-hybridized carbons (Fsp3) is 0.421. The Balaban J connectivity index is 0.000000176. The first-order valence-corrected chi connectivity index (χ1v) is 18.5. The lowest BCUT2D eigenvalue weighted by Crippen LogP contribution is -2.44. The van der Waals surface area contributed by atoms with Gasteiger partial charge in [0.1, 0.15) is 5.56 Å².